The molecular weight excluding hydrogens is 340 g/mol. The van der Waals surface area contributed by atoms with Gasteiger partial charge in [0.25, 0.3) is 5.56 Å². The molecule has 0 spiro atoms. The largest absolute Gasteiger partial charge is 0.299 e. The lowest BCUT2D eigenvalue weighted by molar-refractivity contribution is 0.618. The number of rotatable bonds is 5. The Morgan fingerprint density at radius 3 is 2.42 bits per heavy atom. The third-order valence-corrected chi connectivity index (χ3v) is 5.64. The Kier molecular flexibility index (Phi) is 4.67. The second-order valence-corrected chi connectivity index (χ2v) is 7.61. The minimum atomic E-state index is 0.0614. The zero-order valence-electron chi connectivity index (χ0n) is 14.7. The molecule has 0 N–H and O–H groups in total. The minimum Gasteiger partial charge on any atom is -0.299 e. The second kappa shape index (κ2) is 7.26. The predicted octanol–water partition coefficient (Wildman–Crippen LogP) is 5.07. The average molecular weight is 360 g/mol. The topological polar surface area (TPSA) is 34.9 Å². The Balaban J connectivity index is 1.67. The van der Waals surface area contributed by atoms with Gasteiger partial charge in [0.15, 0.2) is 0 Å². The van der Waals surface area contributed by atoms with Crippen LogP contribution in [-0.4, -0.2) is 9.55 Å². The molecule has 26 heavy (non-hydrogen) atoms. The third-order valence-electron chi connectivity index (χ3n) is 4.62. The Morgan fingerprint density at radius 2 is 1.69 bits per heavy atom. The van der Waals surface area contributed by atoms with Gasteiger partial charge in [0.1, 0.15) is 4.83 Å². The van der Waals surface area contributed by atoms with Crippen molar-refractivity contribution in [2.24, 2.45) is 0 Å². The summed E-state index contributed by atoms with van der Waals surface area (Å²) in [5, 5.41) is 0.751. The van der Waals surface area contributed by atoms with Crippen molar-refractivity contribution >= 4 is 21.6 Å². The summed E-state index contributed by atoms with van der Waals surface area (Å²) in [5.74, 6) is 0. The highest BCUT2D eigenvalue weighted by molar-refractivity contribution is 7.19. The molecular formula is C22H20N2OS. The van der Waals surface area contributed by atoms with E-state index in [4.69, 9.17) is 0 Å². The van der Waals surface area contributed by atoms with E-state index in [-0.39, 0.29) is 5.56 Å². The van der Waals surface area contributed by atoms with E-state index in [1.165, 1.54) is 5.56 Å². The standard InChI is InChI=1S/C22H20N2OS/c1-16-19(18-12-6-3-7-13-18)20-21(26-16)23-15-24(22(20)25)14-8-11-17-9-4-2-5-10-17/h2-7,9-10,12-13,15H,8,11,14H2,1H3. The molecule has 4 aromatic rings. The highest BCUT2D eigenvalue weighted by Crippen LogP contribution is 2.35. The summed E-state index contributed by atoms with van der Waals surface area (Å²) in [6.07, 6.45) is 3.57. The number of aryl methyl sites for hydroxylation is 3. The lowest BCUT2D eigenvalue weighted by atomic mass is 10.0. The number of nitrogens with zero attached hydrogens (tertiary/aromatic N) is 2. The van der Waals surface area contributed by atoms with Gasteiger partial charge in [0.2, 0.25) is 0 Å². The molecule has 0 fully saturated rings. The van der Waals surface area contributed by atoms with Crippen molar-refractivity contribution in [1.29, 1.82) is 0 Å². The number of hydrogen-bond donors (Lipinski definition) is 0. The van der Waals surface area contributed by atoms with E-state index in [0.717, 1.165) is 39.1 Å². The zero-order valence-corrected chi connectivity index (χ0v) is 15.5. The van der Waals surface area contributed by atoms with Gasteiger partial charge in [-0.25, -0.2) is 4.98 Å². The first kappa shape index (κ1) is 16.7. The summed E-state index contributed by atoms with van der Waals surface area (Å²) in [6.45, 7) is 2.74. The molecule has 0 amide bonds. The second-order valence-electron chi connectivity index (χ2n) is 6.41. The van der Waals surface area contributed by atoms with Crippen molar-refractivity contribution in [3.63, 3.8) is 0 Å². The molecule has 2 aromatic carbocycles. The molecule has 4 rings (SSSR count). The van der Waals surface area contributed by atoms with Crippen LogP contribution in [-0.2, 0) is 13.0 Å². The van der Waals surface area contributed by atoms with E-state index >= 15 is 0 Å². The number of thiophene rings is 1. The maximum Gasteiger partial charge on any atom is 0.262 e. The Hall–Kier alpha value is -2.72. The summed E-state index contributed by atoms with van der Waals surface area (Å²) in [4.78, 5) is 19.6. The third kappa shape index (κ3) is 3.20. The van der Waals surface area contributed by atoms with Gasteiger partial charge < -0.3 is 0 Å². The van der Waals surface area contributed by atoms with E-state index in [0.29, 0.717) is 6.54 Å². The Bertz CT molecular complexity index is 1080. The summed E-state index contributed by atoms with van der Waals surface area (Å²) in [7, 11) is 0. The Morgan fingerprint density at radius 1 is 1.00 bits per heavy atom. The van der Waals surface area contributed by atoms with Crippen molar-refractivity contribution in [1.82, 2.24) is 9.55 Å². The summed E-state index contributed by atoms with van der Waals surface area (Å²) >= 11 is 1.59. The molecule has 2 heterocycles. The highest BCUT2D eigenvalue weighted by Gasteiger charge is 2.16. The molecule has 0 aliphatic rings. The lowest BCUT2D eigenvalue weighted by Gasteiger charge is -2.07. The van der Waals surface area contributed by atoms with Crippen molar-refractivity contribution in [3.8, 4) is 11.1 Å². The molecule has 0 atom stereocenters. The highest BCUT2D eigenvalue weighted by atomic mass is 32.1. The van der Waals surface area contributed by atoms with Gasteiger partial charge in [-0.1, -0.05) is 60.7 Å². The number of benzene rings is 2. The molecule has 0 saturated carbocycles. The fourth-order valence-electron chi connectivity index (χ4n) is 3.35. The van der Waals surface area contributed by atoms with E-state index in [1.807, 2.05) is 24.3 Å². The monoisotopic (exact) mass is 360 g/mol. The normalized spacial score (nSPS) is 11.1. The van der Waals surface area contributed by atoms with E-state index in [2.05, 4.69) is 48.3 Å². The van der Waals surface area contributed by atoms with Crippen molar-refractivity contribution in [2.75, 3.05) is 0 Å². The molecule has 0 saturated heterocycles. The van der Waals surface area contributed by atoms with Crippen molar-refractivity contribution < 1.29 is 0 Å². The van der Waals surface area contributed by atoms with Crippen LogP contribution in [0.25, 0.3) is 21.3 Å². The average Bonchev–Trinajstić information content (AvgIpc) is 3.02. The molecule has 4 heteroatoms. The smallest absolute Gasteiger partial charge is 0.262 e. The first-order valence-electron chi connectivity index (χ1n) is 8.82. The fourth-order valence-corrected chi connectivity index (χ4v) is 4.35. The number of hydrogen-bond acceptors (Lipinski definition) is 3. The number of fused-ring (bicyclic) bond motifs is 1. The Labute approximate surface area is 156 Å². The van der Waals surface area contributed by atoms with Gasteiger partial charge in [-0.3, -0.25) is 9.36 Å². The van der Waals surface area contributed by atoms with Crippen LogP contribution < -0.4 is 5.56 Å². The number of aromatic nitrogens is 2. The van der Waals surface area contributed by atoms with Crippen LogP contribution in [0.3, 0.4) is 0 Å². The van der Waals surface area contributed by atoms with Crippen LogP contribution in [0.5, 0.6) is 0 Å². The molecule has 2 aromatic heterocycles. The van der Waals surface area contributed by atoms with Gasteiger partial charge in [-0.05, 0) is 30.9 Å². The molecule has 0 aliphatic heterocycles. The first-order valence-corrected chi connectivity index (χ1v) is 9.63. The van der Waals surface area contributed by atoms with Crippen LogP contribution >= 0.6 is 11.3 Å². The van der Waals surface area contributed by atoms with E-state index in [1.54, 1.807) is 22.2 Å². The molecule has 0 unspecified atom stereocenters. The zero-order chi connectivity index (χ0) is 17.9. The van der Waals surface area contributed by atoms with Crippen LogP contribution in [0.4, 0.5) is 0 Å². The van der Waals surface area contributed by atoms with Crippen molar-refractivity contribution in [3.05, 3.63) is 87.8 Å². The van der Waals surface area contributed by atoms with Gasteiger partial charge >= 0.3 is 0 Å². The lowest BCUT2D eigenvalue weighted by Crippen LogP contribution is -2.20. The van der Waals surface area contributed by atoms with Gasteiger partial charge in [-0.2, -0.15) is 0 Å². The molecule has 0 aliphatic carbocycles. The van der Waals surface area contributed by atoms with Crippen molar-refractivity contribution in [2.45, 2.75) is 26.3 Å². The maximum atomic E-state index is 13.1. The predicted molar refractivity (Wildman–Crippen MR) is 109 cm³/mol. The van der Waals surface area contributed by atoms with Crippen LogP contribution in [0.2, 0.25) is 0 Å². The molecule has 0 radical (unpaired) electrons. The minimum absolute atomic E-state index is 0.0614. The van der Waals surface area contributed by atoms with Crippen LogP contribution in [0.1, 0.15) is 16.9 Å². The summed E-state index contributed by atoms with van der Waals surface area (Å²) in [6, 6.07) is 20.5. The van der Waals surface area contributed by atoms with Crippen LogP contribution in [0.15, 0.2) is 71.8 Å². The fraction of sp³-hybridized carbons (Fsp3) is 0.182. The quantitative estimate of drug-likeness (QED) is 0.498. The molecule has 3 nitrogen and oxygen atoms in total. The van der Waals surface area contributed by atoms with E-state index in [9.17, 15) is 4.79 Å². The van der Waals surface area contributed by atoms with Crippen LogP contribution in [0, 0.1) is 6.92 Å². The molecule has 130 valence electrons. The SMILES string of the molecule is Cc1sc2ncn(CCCc3ccccc3)c(=O)c2c1-c1ccccc1. The summed E-state index contributed by atoms with van der Waals surface area (Å²) < 4.78 is 1.75. The van der Waals surface area contributed by atoms with Gasteiger partial charge in [0, 0.05) is 17.0 Å². The summed E-state index contributed by atoms with van der Waals surface area (Å²) in [5.41, 5.74) is 3.47. The van der Waals surface area contributed by atoms with Gasteiger partial charge in [0.05, 0.1) is 11.7 Å². The molecule has 0 bridgehead atoms. The maximum absolute atomic E-state index is 13.1. The van der Waals surface area contributed by atoms with E-state index < -0.39 is 0 Å². The first-order chi connectivity index (χ1) is 12.7. The van der Waals surface area contributed by atoms with Gasteiger partial charge in [-0.15, -0.1) is 11.3 Å².